The highest BCUT2D eigenvalue weighted by molar-refractivity contribution is 6.25. The van der Waals surface area contributed by atoms with Crippen molar-refractivity contribution >= 4 is 32.3 Å². The van der Waals surface area contributed by atoms with Crippen molar-refractivity contribution in [1.82, 2.24) is 0 Å². The van der Waals surface area contributed by atoms with Crippen LogP contribution in [0.25, 0.3) is 54.6 Å². The molecule has 0 N–H and O–H groups in total. The predicted octanol–water partition coefficient (Wildman–Crippen LogP) is 6.79. The number of fused-ring (bicyclic) bond motifs is 7. The molecule has 0 saturated heterocycles. The molecule has 0 aliphatic heterocycles. The van der Waals surface area contributed by atoms with Crippen LogP contribution >= 0.6 is 0 Å². The van der Waals surface area contributed by atoms with Crippen LogP contribution in [0.15, 0.2) is 84.9 Å². The van der Waals surface area contributed by atoms with Crippen molar-refractivity contribution in [2.24, 2.45) is 0 Å². The fraction of sp³-hybridized carbons (Fsp3) is 0. The Labute approximate surface area is 140 Å². The van der Waals surface area contributed by atoms with E-state index in [1.807, 2.05) is 0 Å². The van der Waals surface area contributed by atoms with Crippen molar-refractivity contribution < 1.29 is 0 Å². The Kier molecular flexibility index (Phi) is 2.18. The van der Waals surface area contributed by atoms with E-state index in [2.05, 4.69) is 84.9 Å². The third-order valence-electron chi connectivity index (χ3n) is 5.37. The summed E-state index contributed by atoms with van der Waals surface area (Å²) in [5.41, 5.74) is 5.51. The van der Waals surface area contributed by atoms with Gasteiger partial charge in [-0.2, -0.15) is 0 Å². The van der Waals surface area contributed by atoms with E-state index in [0.29, 0.717) is 0 Å². The monoisotopic (exact) mass is 302 g/mol. The van der Waals surface area contributed by atoms with Crippen molar-refractivity contribution in [2.75, 3.05) is 0 Å². The zero-order chi connectivity index (χ0) is 15.7. The van der Waals surface area contributed by atoms with Crippen LogP contribution in [0.2, 0.25) is 0 Å². The molecule has 0 fully saturated rings. The average molecular weight is 302 g/mol. The Bertz CT molecular complexity index is 1290. The number of hydrogen-bond acceptors (Lipinski definition) is 0. The van der Waals surface area contributed by atoms with Gasteiger partial charge in [0.15, 0.2) is 0 Å². The smallest absolute Gasteiger partial charge is 0.00139 e. The van der Waals surface area contributed by atoms with Crippen LogP contribution in [-0.4, -0.2) is 0 Å². The van der Waals surface area contributed by atoms with Gasteiger partial charge in [0.25, 0.3) is 0 Å². The second-order valence-corrected chi connectivity index (χ2v) is 6.58. The molecule has 5 aromatic rings. The molecule has 0 bridgehead atoms. The minimum Gasteiger partial charge on any atom is -0.0616 e. The molecule has 110 valence electrons. The summed E-state index contributed by atoms with van der Waals surface area (Å²) < 4.78 is 0. The third kappa shape index (κ3) is 1.39. The van der Waals surface area contributed by atoms with Gasteiger partial charge in [0.05, 0.1) is 0 Å². The number of rotatable bonds is 0. The summed E-state index contributed by atoms with van der Waals surface area (Å²) in [4.78, 5) is 0. The maximum absolute atomic E-state index is 2.29. The Hall–Kier alpha value is -3.12. The molecule has 0 amide bonds. The van der Waals surface area contributed by atoms with Crippen molar-refractivity contribution in [3.05, 3.63) is 84.9 Å². The van der Waals surface area contributed by atoms with Crippen LogP contribution in [0, 0.1) is 0 Å². The average Bonchev–Trinajstić information content (AvgIpc) is 2.98. The van der Waals surface area contributed by atoms with Gasteiger partial charge >= 0.3 is 0 Å². The van der Waals surface area contributed by atoms with Gasteiger partial charge < -0.3 is 0 Å². The lowest BCUT2D eigenvalue weighted by atomic mass is 9.92. The minimum atomic E-state index is 1.31. The molecule has 0 radical (unpaired) electrons. The first-order valence-corrected chi connectivity index (χ1v) is 8.39. The predicted molar refractivity (Wildman–Crippen MR) is 103 cm³/mol. The Morgan fingerprint density at radius 3 is 1.96 bits per heavy atom. The van der Waals surface area contributed by atoms with Crippen LogP contribution in [-0.2, 0) is 0 Å². The Balaban J connectivity index is 1.93. The molecule has 5 aromatic carbocycles. The Morgan fingerprint density at radius 2 is 1.04 bits per heavy atom. The molecule has 24 heavy (non-hydrogen) atoms. The molecule has 0 spiro atoms. The fourth-order valence-electron chi connectivity index (χ4n) is 4.38. The SMILES string of the molecule is c1cc2c3c(cccc3c1)-c1c-2ccc2ccc3ccccc3c12. The fourth-order valence-corrected chi connectivity index (χ4v) is 4.38. The van der Waals surface area contributed by atoms with Crippen LogP contribution in [0.1, 0.15) is 0 Å². The molecule has 0 saturated carbocycles. The molecule has 1 aliphatic carbocycles. The van der Waals surface area contributed by atoms with E-state index >= 15 is 0 Å². The molecular formula is C24H14. The van der Waals surface area contributed by atoms with Gasteiger partial charge in [-0.05, 0) is 54.6 Å². The molecular weight excluding hydrogens is 288 g/mol. The van der Waals surface area contributed by atoms with E-state index in [9.17, 15) is 0 Å². The lowest BCUT2D eigenvalue weighted by molar-refractivity contribution is 1.74. The van der Waals surface area contributed by atoms with Gasteiger partial charge in [-0.3, -0.25) is 0 Å². The maximum Gasteiger partial charge on any atom is -0.00139 e. The molecule has 0 aromatic heterocycles. The van der Waals surface area contributed by atoms with E-state index in [1.54, 1.807) is 0 Å². The third-order valence-corrected chi connectivity index (χ3v) is 5.37. The summed E-state index contributed by atoms with van der Waals surface area (Å²) in [5.74, 6) is 0. The lowest BCUT2D eigenvalue weighted by Crippen LogP contribution is -1.83. The summed E-state index contributed by atoms with van der Waals surface area (Å²) in [7, 11) is 0. The zero-order valence-electron chi connectivity index (χ0n) is 13.1. The van der Waals surface area contributed by atoms with E-state index in [1.165, 1.54) is 54.6 Å². The molecule has 0 unspecified atom stereocenters. The standard InChI is InChI=1S/C24H14/c1-2-8-18-15(5-1)11-12-17-13-14-20-19-9-3-6-16-7-4-10-21(22(16)19)24(20)23(17)18/h1-14H. The highest BCUT2D eigenvalue weighted by atomic mass is 14.3. The molecule has 0 heterocycles. The molecule has 0 nitrogen and oxygen atoms in total. The zero-order valence-corrected chi connectivity index (χ0v) is 13.1. The largest absolute Gasteiger partial charge is 0.0616 e. The van der Waals surface area contributed by atoms with Gasteiger partial charge in [0.2, 0.25) is 0 Å². The quantitative estimate of drug-likeness (QED) is 0.271. The first kappa shape index (κ1) is 12.3. The minimum absolute atomic E-state index is 1.31. The normalized spacial score (nSPS) is 12.2. The first-order valence-electron chi connectivity index (χ1n) is 8.39. The topological polar surface area (TPSA) is 0 Å². The van der Waals surface area contributed by atoms with Crippen molar-refractivity contribution in [1.29, 1.82) is 0 Å². The summed E-state index contributed by atoms with van der Waals surface area (Å²) in [5, 5.41) is 8.08. The summed E-state index contributed by atoms with van der Waals surface area (Å²) in [6.07, 6.45) is 0. The van der Waals surface area contributed by atoms with Crippen molar-refractivity contribution in [3.63, 3.8) is 0 Å². The summed E-state index contributed by atoms with van der Waals surface area (Å²) >= 11 is 0. The summed E-state index contributed by atoms with van der Waals surface area (Å²) in [6, 6.07) is 31.1. The van der Waals surface area contributed by atoms with Gasteiger partial charge in [-0.15, -0.1) is 0 Å². The molecule has 0 atom stereocenters. The van der Waals surface area contributed by atoms with E-state index in [4.69, 9.17) is 0 Å². The summed E-state index contributed by atoms with van der Waals surface area (Å²) in [6.45, 7) is 0. The number of benzene rings is 5. The number of hydrogen-bond donors (Lipinski definition) is 0. The van der Waals surface area contributed by atoms with Crippen molar-refractivity contribution in [3.8, 4) is 22.3 Å². The second-order valence-electron chi connectivity index (χ2n) is 6.58. The second kappa shape index (κ2) is 4.24. The maximum atomic E-state index is 2.29. The molecule has 1 aliphatic rings. The highest BCUT2D eigenvalue weighted by Crippen LogP contribution is 2.51. The van der Waals surface area contributed by atoms with Crippen LogP contribution < -0.4 is 0 Å². The van der Waals surface area contributed by atoms with E-state index in [-0.39, 0.29) is 0 Å². The van der Waals surface area contributed by atoms with Crippen LogP contribution in [0.5, 0.6) is 0 Å². The van der Waals surface area contributed by atoms with Crippen molar-refractivity contribution in [2.45, 2.75) is 0 Å². The highest BCUT2D eigenvalue weighted by Gasteiger charge is 2.23. The van der Waals surface area contributed by atoms with E-state index in [0.717, 1.165) is 0 Å². The van der Waals surface area contributed by atoms with E-state index < -0.39 is 0 Å². The van der Waals surface area contributed by atoms with Gasteiger partial charge in [0, 0.05) is 0 Å². The van der Waals surface area contributed by atoms with Gasteiger partial charge in [-0.1, -0.05) is 84.9 Å². The lowest BCUT2D eigenvalue weighted by Gasteiger charge is -2.11. The van der Waals surface area contributed by atoms with Crippen LogP contribution in [0.3, 0.4) is 0 Å². The van der Waals surface area contributed by atoms with Crippen LogP contribution in [0.4, 0.5) is 0 Å². The van der Waals surface area contributed by atoms with Gasteiger partial charge in [-0.25, -0.2) is 0 Å². The molecule has 0 heteroatoms. The Morgan fingerprint density at radius 1 is 0.375 bits per heavy atom. The van der Waals surface area contributed by atoms with Gasteiger partial charge in [0.1, 0.15) is 0 Å². The first-order chi connectivity index (χ1) is 11.9. The molecule has 6 rings (SSSR count).